The molecule has 0 unspecified atom stereocenters. The molecule has 10 heteroatoms. The van der Waals surface area contributed by atoms with E-state index >= 15 is 0 Å². The van der Waals surface area contributed by atoms with E-state index in [2.05, 4.69) is 15.0 Å². The van der Waals surface area contributed by atoms with Crippen molar-refractivity contribution < 1.29 is 32.2 Å². The van der Waals surface area contributed by atoms with Crippen LogP contribution in [0.3, 0.4) is 0 Å². The summed E-state index contributed by atoms with van der Waals surface area (Å²) in [6, 6.07) is 10.3. The van der Waals surface area contributed by atoms with Gasteiger partial charge in [0.15, 0.2) is 11.5 Å². The van der Waals surface area contributed by atoms with Gasteiger partial charge < -0.3 is 19.5 Å². The third kappa shape index (κ3) is 5.63. The van der Waals surface area contributed by atoms with Crippen molar-refractivity contribution in [2.24, 2.45) is 0 Å². The molecule has 0 saturated heterocycles. The number of benzene rings is 2. The number of aromatic nitrogens is 1. The van der Waals surface area contributed by atoms with Crippen LogP contribution in [-0.2, 0) is 11.2 Å². The Morgan fingerprint density at radius 3 is 2.40 bits per heavy atom. The molecule has 0 spiro atoms. The Labute approximate surface area is 174 Å². The molecule has 1 aromatic heterocycles. The molecular weight excluding hydrogens is 421 g/mol. The first-order valence-electron chi connectivity index (χ1n) is 8.60. The maximum Gasteiger partial charge on any atom is 0.573 e. The summed E-state index contributed by atoms with van der Waals surface area (Å²) in [7, 11) is 3.09. The number of halogens is 3. The molecule has 2 aromatic carbocycles. The van der Waals surface area contributed by atoms with E-state index in [-0.39, 0.29) is 18.1 Å². The van der Waals surface area contributed by atoms with E-state index in [0.29, 0.717) is 27.9 Å². The molecule has 0 radical (unpaired) electrons. The Morgan fingerprint density at radius 2 is 1.77 bits per heavy atom. The van der Waals surface area contributed by atoms with Crippen LogP contribution in [0.5, 0.6) is 17.2 Å². The van der Waals surface area contributed by atoms with Crippen molar-refractivity contribution in [3.63, 3.8) is 0 Å². The third-order valence-electron chi connectivity index (χ3n) is 3.90. The van der Waals surface area contributed by atoms with Crippen LogP contribution in [0, 0.1) is 0 Å². The molecule has 0 fully saturated rings. The van der Waals surface area contributed by atoms with Crippen LogP contribution in [0.15, 0.2) is 47.8 Å². The number of anilines is 1. The second-order valence-corrected chi connectivity index (χ2v) is 6.87. The predicted molar refractivity (Wildman–Crippen MR) is 106 cm³/mol. The predicted octanol–water partition coefficient (Wildman–Crippen LogP) is 4.91. The summed E-state index contributed by atoms with van der Waals surface area (Å²) in [6.45, 7) is 0. The number of methoxy groups -OCH3 is 2. The van der Waals surface area contributed by atoms with Crippen molar-refractivity contribution in [3.8, 4) is 27.8 Å². The number of amides is 1. The second kappa shape index (κ2) is 9.04. The molecule has 3 rings (SSSR count). The molecule has 1 amide bonds. The van der Waals surface area contributed by atoms with Crippen molar-refractivity contribution in [2.75, 3.05) is 19.5 Å². The molecule has 6 nitrogen and oxygen atoms in total. The molecular formula is C20H17F3N2O4S. The number of hydrogen-bond acceptors (Lipinski definition) is 6. The Bertz CT molecular complexity index is 1020. The van der Waals surface area contributed by atoms with Gasteiger partial charge in [0, 0.05) is 16.6 Å². The minimum Gasteiger partial charge on any atom is -0.493 e. The Hall–Kier alpha value is -3.27. The van der Waals surface area contributed by atoms with Gasteiger partial charge in [-0.3, -0.25) is 4.79 Å². The van der Waals surface area contributed by atoms with Crippen LogP contribution in [-0.4, -0.2) is 31.5 Å². The standard InChI is InChI=1S/C20H17F3N2O4S/c1-27-16-8-3-12(9-17(16)28-2)19-25-14(11-30-19)10-18(26)24-13-4-6-15(7-5-13)29-20(21,22)23/h3-9,11H,10H2,1-2H3,(H,24,26). The van der Waals surface area contributed by atoms with Crippen molar-refractivity contribution in [1.29, 1.82) is 0 Å². The molecule has 1 N–H and O–H groups in total. The fraction of sp³-hybridized carbons (Fsp3) is 0.200. The number of alkyl halides is 3. The van der Waals surface area contributed by atoms with Gasteiger partial charge >= 0.3 is 6.36 Å². The van der Waals surface area contributed by atoms with E-state index in [4.69, 9.17) is 9.47 Å². The lowest BCUT2D eigenvalue weighted by molar-refractivity contribution is -0.274. The zero-order chi connectivity index (χ0) is 21.7. The number of rotatable bonds is 7. The summed E-state index contributed by atoms with van der Waals surface area (Å²) in [5, 5.41) is 5.10. The van der Waals surface area contributed by atoms with Gasteiger partial charge in [-0.05, 0) is 42.5 Å². The number of carbonyl (C=O) groups is 1. The molecule has 158 valence electrons. The maximum absolute atomic E-state index is 12.2. The van der Waals surface area contributed by atoms with Gasteiger partial charge in [0.2, 0.25) is 5.91 Å². The summed E-state index contributed by atoms with van der Waals surface area (Å²) < 4.78 is 50.9. The second-order valence-electron chi connectivity index (χ2n) is 6.01. The zero-order valence-corrected chi connectivity index (χ0v) is 16.8. The summed E-state index contributed by atoms with van der Waals surface area (Å²) in [5.74, 6) is 0.467. The van der Waals surface area contributed by atoms with Crippen LogP contribution in [0.25, 0.3) is 10.6 Å². The minimum atomic E-state index is -4.76. The van der Waals surface area contributed by atoms with Gasteiger partial charge in [-0.25, -0.2) is 4.98 Å². The summed E-state index contributed by atoms with van der Waals surface area (Å²) in [5.41, 5.74) is 1.74. The molecule has 0 saturated carbocycles. The zero-order valence-electron chi connectivity index (χ0n) is 15.9. The maximum atomic E-state index is 12.2. The highest BCUT2D eigenvalue weighted by atomic mass is 32.1. The largest absolute Gasteiger partial charge is 0.573 e. The van der Waals surface area contributed by atoms with E-state index < -0.39 is 6.36 Å². The van der Waals surface area contributed by atoms with Gasteiger partial charge in [0.25, 0.3) is 0 Å². The first-order chi connectivity index (χ1) is 14.3. The molecule has 0 aliphatic heterocycles. The number of carbonyl (C=O) groups excluding carboxylic acids is 1. The number of nitrogens with zero attached hydrogens (tertiary/aromatic N) is 1. The average Bonchev–Trinajstić information content (AvgIpc) is 3.16. The van der Waals surface area contributed by atoms with Crippen molar-refractivity contribution in [2.45, 2.75) is 12.8 Å². The average molecular weight is 438 g/mol. The highest BCUT2D eigenvalue weighted by Gasteiger charge is 2.30. The molecule has 3 aromatic rings. The van der Waals surface area contributed by atoms with E-state index in [0.717, 1.165) is 17.7 Å². The highest BCUT2D eigenvalue weighted by molar-refractivity contribution is 7.13. The number of ether oxygens (including phenoxy) is 3. The third-order valence-corrected chi connectivity index (χ3v) is 4.84. The molecule has 0 atom stereocenters. The number of thiazole rings is 1. The van der Waals surface area contributed by atoms with Crippen LogP contribution in [0.4, 0.5) is 18.9 Å². The number of nitrogens with one attached hydrogen (secondary N) is 1. The van der Waals surface area contributed by atoms with E-state index in [1.54, 1.807) is 31.7 Å². The Balaban J connectivity index is 1.62. The fourth-order valence-electron chi connectivity index (χ4n) is 2.60. The first kappa shape index (κ1) is 21.4. The monoisotopic (exact) mass is 438 g/mol. The molecule has 0 bridgehead atoms. The quantitative estimate of drug-likeness (QED) is 0.568. The number of hydrogen-bond donors (Lipinski definition) is 1. The Morgan fingerprint density at radius 1 is 1.07 bits per heavy atom. The normalized spacial score (nSPS) is 11.1. The van der Waals surface area contributed by atoms with E-state index in [1.165, 1.54) is 23.5 Å². The molecule has 1 heterocycles. The summed E-state index contributed by atoms with van der Waals surface area (Å²) in [6.07, 6.45) is -4.74. The lowest BCUT2D eigenvalue weighted by Crippen LogP contribution is -2.17. The van der Waals surface area contributed by atoms with Gasteiger partial charge in [-0.2, -0.15) is 0 Å². The molecule has 0 aliphatic rings. The van der Waals surface area contributed by atoms with E-state index in [9.17, 15) is 18.0 Å². The molecule has 30 heavy (non-hydrogen) atoms. The SMILES string of the molecule is COc1ccc(-c2nc(CC(=O)Nc3ccc(OC(F)(F)F)cc3)cs2)cc1OC. The van der Waals surface area contributed by atoms with Crippen LogP contribution >= 0.6 is 11.3 Å². The summed E-state index contributed by atoms with van der Waals surface area (Å²) >= 11 is 1.38. The van der Waals surface area contributed by atoms with Gasteiger partial charge in [-0.1, -0.05) is 0 Å². The van der Waals surface area contributed by atoms with Crippen LogP contribution in [0.1, 0.15) is 5.69 Å². The van der Waals surface area contributed by atoms with Crippen molar-refractivity contribution >= 4 is 22.9 Å². The highest BCUT2D eigenvalue weighted by Crippen LogP contribution is 2.33. The van der Waals surface area contributed by atoms with Crippen LogP contribution < -0.4 is 19.5 Å². The van der Waals surface area contributed by atoms with Gasteiger partial charge in [0.1, 0.15) is 10.8 Å². The molecule has 0 aliphatic carbocycles. The summed E-state index contributed by atoms with van der Waals surface area (Å²) in [4.78, 5) is 16.7. The lowest BCUT2D eigenvalue weighted by atomic mass is 10.2. The topological polar surface area (TPSA) is 69.7 Å². The van der Waals surface area contributed by atoms with Crippen molar-refractivity contribution in [3.05, 3.63) is 53.5 Å². The first-order valence-corrected chi connectivity index (χ1v) is 9.48. The lowest BCUT2D eigenvalue weighted by Gasteiger charge is -2.09. The van der Waals surface area contributed by atoms with Gasteiger partial charge in [-0.15, -0.1) is 24.5 Å². The van der Waals surface area contributed by atoms with E-state index in [1.807, 2.05) is 6.07 Å². The fourth-order valence-corrected chi connectivity index (χ4v) is 3.42. The van der Waals surface area contributed by atoms with Crippen molar-refractivity contribution in [1.82, 2.24) is 4.98 Å². The van der Waals surface area contributed by atoms with Crippen LogP contribution in [0.2, 0.25) is 0 Å². The van der Waals surface area contributed by atoms with Gasteiger partial charge in [0.05, 0.1) is 26.3 Å². The minimum absolute atomic E-state index is 0.0184. The smallest absolute Gasteiger partial charge is 0.493 e. The Kier molecular flexibility index (Phi) is 6.46.